The van der Waals surface area contributed by atoms with E-state index in [1.807, 2.05) is 31.2 Å². The summed E-state index contributed by atoms with van der Waals surface area (Å²) in [5, 5.41) is 3.09. The van der Waals surface area contributed by atoms with Crippen LogP contribution in [0.15, 0.2) is 18.2 Å². The number of nitrogens with two attached hydrogens (primary N) is 1. The van der Waals surface area contributed by atoms with E-state index in [0.29, 0.717) is 0 Å². The molecule has 0 saturated heterocycles. The van der Waals surface area contributed by atoms with Crippen LogP contribution in [-0.2, 0) is 0 Å². The second-order valence-corrected chi connectivity index (χ2v) is 4.49. The van der Waals surface area contributed by atoms with Gasteiger partial charge in [-0.3, -0.25) is 5.32 Å². The Morgan fingerprint density at radius 3 is 2.73 bits per heavy atom. The summed E-state index contributed by atoms with van der Waals surface area (Å²) < 4.78 is 0.819. The fraction of sp³-hybridized carbons (Fsp3) is 0.333. The third-order valence-electron chi connectivity index (χ3n) is 1.43. The average molecular weight is 270 g/mol. The van der Waals surface area contributed by atoms with Gasteiger partial charge in [-0.15, -0.1) is 23.7 Å². The van der Waals surface area contributed by atoms with Crippen molar-refractivity contribution in [3.63, 3.8) is 0 Å². The number of thiophene rings is 1. The topological polar surface area (TPSA) is 73.0 Å². The summed E-state index contributed by atoms with van der Waals surface area (Å²) in [6.07, 6.45) is 4.11. The molecule has 1 aromatic heterocycles. The fourth-order valence-electron chi connectivity index (χ4n) is 0.847. The zero-order valence-corrected chi connectivity index (χ0v) is 11.0. The van der Waals surface area contributed by atoms with Crippen molar-refractivity contribution in [3.05, 3.63) is 27.4 Å². The highest BCUT2D eigenvalue weighted by Crippen LogP contribution is 2.22. The molecule has 1 rings (SSSR count). The van der Waals surface area contributed by atoms with Gasteiger partial charge in [0.05, 0.1) is 10.5 Å². The van der Waals surface area contributed by atoms with Crippen LogP contribution in [0.2, 0.25) is 4.34 Å². The van der Waals surface area contributed by atoms with Crippen molar-refractivity contribution in [1.29, 1.82) is 0 Å². The van der Waals surface area contributed by atoms with Gasteiger partial charge in [-0.05, 0) is 25.1 Å². The SMILES string of the molecule is CC(N)NCC=Cc1ccc(Cl)s1.Cl.N. The molecule has 0 aliphatic carbocycles. The van der Waals surface area contributed by atoms with Crippen LogP contribution < -0.4 is 17.2 Å². The molecule has 15 heavy (non-hydrogen) atoms. The Kier molecular flexibility index (Phi) is 10.6. The van der Waals surface area contributed by atoms with Crippen molar-refractivity contribution in [3.8, 4) is 0 Å². The molecule has 88 valence electrons. The van der Waals surface area contributed by atoms with E-state index < -0.39 is 0 Å². The largest absolute Gasteiger partial charge is 0.344 e. The number of hydrogen-bond acceptors (Lipinski definition) is 4. The first-order valence-corrected chi connectivity index (χ1v) is 5.29. The molecule has 1 unspecified atom stereocenters. The van der Waals surface area contributed by atoms with Gasteiger partial charge in [0, 0.05) is 11.4 Å². The third-order valence-corrected chi connectivity index (χ3v) is 2.63. The lowest BCUT2D eigenvalue weighted by atomic mass is 10.4. The number of nitrogens with one attached hydrogen (secondary N) is 1. The molecule has 0 amide bonds. The molecule has 1 heterocycles. The molecule has 0 aliphatic rings. The zero-order chi connectivity index (χ0) is 9.68. The van der Waals surface area contributed by atoms with E-state index in [4.69, 9.17) is 17.3 Å². The maximum Gasteiger partial charge on any atom is 0.0934 e. The van der Waals surface area contributed by atoms with Gasteiger partial charge in [-0.2, -0.15) is 0 Å². The van der Waals surface area contributed by atoms with Gasteiger partial charge in [-0.1, -0.05) is 17.7 Å². The molecule has 0 saturated carbocycles. The van der Waals surface area contributed by atoms with Crippen LogP contribution in [-0.4, -0.2) is 12.7 Å². The van der Waals surface area contributed by atoms with Crippen LogP contribution in [0.4, 0.5) is 0 Å². The second-order valence-electron chi connectivity index (χ2n) is 2.74. The number of hydrogen-bond donors (Lipinski definition) is 3. The van der Waals surface area contributed by atoms with Crippen LogP contribution in [0, 0.1) is 0 Å². The summed E-state index contributed by atoms with van der Waals surface area (Å²) in [5.74, 6) is 0. The van der Waals surface area contributed by atoms with Gasteiger partial charge < -0.3 is 11.9 Å². The Balaban J connectivity index is 0. The highest BCUT2D eigenvalue weighted by atomic mass is 35.5. The summed E-state index contributed by atoms with van der Waals surface area (Å²) in [6.45, 7) is 2.70. The average Bonchev–Trinajstić information content (AvgIpc) is 2.45. The Labute approximate surface area is 106 Å². The molecule has 0 aliphatic heterocycles. The molecule has 1 aromatic rings. The molecule has 3 nitrogen and oxygen atoms in total. The zero-order valence-electron chi connectivity index (χ0n) is 8.57. The fourth-order valence-corrected chi connectivity index (χ4v) is 1.84. The first kappa shape index (κ1) is 17.3. The first-order valence-electron chi connectivity index (χ1n) is 4.09. The molecular formula is C9H17Cl2N3S. The lowest BCUT2D eigenvalue weighted by Gasteiger charge is -2.03. The van der Waals surface area contributed by atoms with Crippen LogP contribution in [0.1, 0.15) is 11.8 Å². The summed E-state index contributed by atoms with van der Waals surface area (Å²) in [6, 6.07) is 3.89. The van der Waals surface area contributed by atoms with Gasteiger partial charge in [0.1, 0.15) is 0 Å². The quantitative estimate of drug-likeness (QED) is 0.736. The Bertz CT molecular complexity index is 287. The minimum atomic E-state index is 0. The smallest absolute Gasteiger partial charge is 0.0934 e. The molecule has 0 radical (unpaired) electrons. The van der Waals surface area contributed by atoms with Crippen LogP contribution in [0.25, 0.3) is 6.08 Å². The van der Waals surface area contributed by atoms with Crippen molar-refractivity contribution in [2.24, 2.45) is 5.73 Å². The van der Waals surface area contributed by atoms with Gasteiger partial charge in [0.25, 0.3) is 0 Å². The lowest BCUT2D eigenvalue weighted by Crippen LogP contribution is -2.33. The third kappa shape index (κ3) is 7.79. The van der Waals surface area contributed by atoms with Gasteiger partial charge >= 0.3 is 0 Å². The minimum absolute atomic E-state index is 0. The van der Waals surface area contributed by atoms with Crippen molar-refractivity contribution >= 4 is 41.4 Å². The predicted molar refractivity (Wildman–Crippen MR) is 72.3 cm³/mol. The van der Waals surface area contributed by atoms with Crippen molar-refractivity contribution < 1.29 is 0 Å². The van der Waals surface area contributed by atoms with E-state index in [1.54, 1.807) is 11.3 Å². The molecule has 6 N–H and O–H groups in total. The maximum atomic E-state index is 5.77. The summed E-state index contributed by atoms with van der Waals surface area (Å²) in [4.78, 5) is 1.16. The van der Waals surface area contributed by atoms with Crippen molar-refractivity contribution in [2.45, 2.75) is 13.1 Å². The molecule has 0 spiro atoms. The number of rotatable bonds is 4. The van der Waals surface area contributed by atoms with E-state index in [1.165, 1.54) is 0 Å². The van der Waals surface area contributed by atoms with E-state index in [9.17, 15) is 0 Å². The summed E-state index contributed by atoms with van der Waals surface area (Å²) >= 11 is 7.34. The summed E-state index contributed by atoms with van der Waals surface area (Å²) in [7, 11) is 0. The van der Waals surface area contributed by atoms with Crippen LogP contribution in [0.3, 0.4) is 0 Å². The molecular weight excluding hydrogens is 253 g/mol. The molecule has 0 bridgehead atoms. The summed E-state index contributed by atoms with van der Waals surface area (Å²) in [5.41, 5.74) is 5.51. The second kappa shape index (κ2) is 9.15. The Morgan fingerprint density at radius 2 is 2.27 bits per heavy atom. The molecule has 1 atom stereocenters. The van der Waals surface area contributed by atoms with Crippen LogP contribution in [0.5, 0.6) is 0 Å². The normalized spacial score (nSPS) is 11.9. The Hall–Kier alpha value is -0.100. The highest BCUT2D eigenvalue weighted by molar-refractivity contribution is 7.16. The van der Waals surface area contributed by atoms with Crippen molar-refractivity contribution in [2.75, 3.05) is 6.54 Å². The Morgan fingerprint density at radius 1 is 1.60 bits per heavy atom. The maximum absolute atomic E-state index is 5.77. The van der Waals surface area contributed by atoms with Gasteiger partial charge in [0.2, 0.25) is 0 Å². The van der Waals surface area contributed by atoms with E-state index in [2.05, 4.69) is 5.32 Å². The van der Waals surface area contributed by atoms with E-state index >= 15 is 0 Å². The minimum Gasteiger partial charge on any atom is -0.344 e. The monoisotopic (exact) mass is 269 g/mol. The van der Waals surface area contributed by atoms with Gasteiger partial charge in [0.15, 0.2) is 0 Å². The van der Waals surface area contributed by atoms with E-state index in [0.717, 1.165) is 15.8 Å². The van der Waals surface area contributed by atoms with Crippen molar-refractivity contribution in [1.82, 2.24) is 11.5 Å². The lowest BCUT2D eigenvalue weighted by molar-refractivity contribution is 0.607. The van der Waals surface area contributed by atoms with Gasteiger partial charge in [-0.25, -0.2) is 0 Å². The number of halogens is 2. The molecule has 0 fully saturated rings. The predicted octanol–water partition coefficient (Wildman–Crippen LogP) is 2.89. The standard InChI is InChI=1S/C9H13ClN2S.ClH.H3N/c1-7(11)12-6-2-3-8-4-5-9(10)13-8;;/h2-5,7,12H,6,11H2,1H3;1H;1H3. The molecule has 0 aromatic carbocycles. The molecule has 6 heteroatoms. The first-order chi connectivity index (χ1) is 6.18. The highest BCUT2D eigenvalue weighted by Gasteiger charge is 1.92. The van der Waals surface area contributed by atoms with E-state index in [-0.39, 0.29) is 24.7 Å². The van der Waals surface area contributed by atoms with Crippen LogP contribution >= 0.6 is 35.3 Å².